The minimum atomic E-state index is -0.220. The van der Waals surface area contributed by atoms with Crippen LogP contribution in [0.4, 0.5) is 5.95 Å². The number of anilines is 1. The first kappa shape index (κ1) is 19.5. The second kappa shape index (κ2) is 8.73. The molecule has 0 aliphatic rings. The maximum Gasteiger partial charge on any atom is 0.249 e. The number of aromatic amines is 1. The quantitative estimate of drug-likeness (QED) is 0.401. The molecule has 2 N–H and O–H groups in total. The van der Waals surface area contributed by atoms with Crippen LogP contribution >= 0.6 is 0 Å². The highest BCUT2D eigenvalue weighted by Gasteiger charge is 2.13. The monoisotopic (exact) mass is 425 g/mol. The van der Waals surface area contributed by atoms with Crippen molar-refractivity contribution >= 4 is 22.8 Å². The van der Waals surface area contributed by atoms with Gasteiger partial charge in [-0.25, -0.2) is 0 Å². The zero-order valence-electron chi connectivity index (χ0n) is 17.0. The molecule has 0 atom stereocenters. The number of carbonyl (C=O) groups is 1. The Labute approximate surface area is 183 Å². The van der Waals surface area contributed by atoms with Gasteiger partial charge in [-0.1, -0.05) is 36.4 Å². The molecule has 0 saturated carbocycles. The molecule has 3 aromatic heterocycles. The first-order chi connectivity index (χ1) is 15.7. The van der Waals surface area contributed by atoms with Gasteiger partial charge in [0.05, 0.1) is 12.1 Å². The third-order valence-corrected chi connectivity index (χ3v) is 4.80. The number of nitrogens with one attached hydrogen (secondary N) is 2. The molecule has 3 heterocycles. The molecule has 0 fully saturated rings. The van der Waals surface area contributed by atoms with Crippen molar-refractivity contribution in [3.63, 3.8) is 0 Å². The van der Waals surface area contributed by atoms with Crippen molar-refractivity contribution in [2.45, 2.75) is 13.0 Å². The second-order valence-electron chi connectivity index (χ2n) is 7.13. The molecule has 0 spiro atoms. The lowest BCUT2D eigenvalue weighted by molar-refractivity contribution is -0.115. The van der Waals surface area contributed by atoms with E-state index in [-0.39, 0.29) is 18.3 Å². The summed E-state index contributed by atoms with van der Waals surface area (Å²) in [6.07, 6.45) is 1.92. The zero-order chi connectivity index (χ0) is 21.8. The van der Waals surface area contributed by atoms with Gasteiger partial charge in [0.2, 0.25) is 11.9 Å². The van der Waals surface area contributed by atoms with Crippen molar-refractivity contribution < 1.29 is 13.9 Å². The van der Waals surface area contributed by atoms with Gasteiger partial charge in [0.15, 0.2) is 11.6 Å². The predicted octanol–water partition coefficient (Wildman–Crippen LogP) is 4.37. The van der Waals surface area contributed by atoms with Gasteiger partial charge in [0, 0.05) is 11.6 Å². The molecule has 0 bridgehead atoms. The zero-order valence-corrected chi connectivity index (χ0v) is 17.0. The summed E-state index contributed by atoms with van der Waals surface area (Å²) >= 11 is 0. The average molecular weight is 425 g/mol. The number of furan rings is 1. The predicted molar refractivity (Wildman–Crippen MR) is 119 cm³/mol. The van der Waals surface area contributed by atoms with Crippen molar-refractivity contribution in [2.24, 2.45) is 0 Å². The fourth-order valence-electron chi connectivity index (χ4n) is 3.23. The SMILES string of the molecule is O=C(Cc1ccc(OCc2ccccn2)cc1)Nc1n[nH]c(-c2cc3ccccc3o2)n1. The fraction of sp³-hybridized carbons (Fsp3) is 0.0833. The maximum absolute atomic E-state index is 12.4. The number of hydrogen-bond donors (Lipinski definition) is 2. The first-order valence-corrected chi connectivity index (χ1v) is 10.1. The summed E-state index contributed by atoms with van der Waals surface area (Å²) in [5.74, 6) is 1.69. The van der Waals surface area contributed by atoms with Gasteiger partial charge in [-0.3, -0.25) is 20.2 Å². The van der Waals surface area contributed by atoms with Crippen molar-refractivity contribution in [1.82, 2.24) is 20.2 Å². The topological polar surface area (TPSA) is 106 Å². The summed E-state index contributed by atoms with van der Waals surface area (Å²) in [5, 5.41) is 10.5. The number of H-pyrrole nitrogens is 1. The van der Waals surface area contributed by atoms with E-state index in [2.05, 4.69) is 25.5 Å². The number of fused-ring (bicyclic) bond motifs is 1. The Hall–Kier alpha value is -4.46. The maximum atomic E-state index is 12.4. The van der Waals surface area contributed by atoms with Crippen LogP contribution in [0.3, 0.4) is 0 Å². The summed E-state index contributed by atoms with van der Waals surface area (Å²) in [6, 6.07) is 22.6. The van der Waals surface area contributed by atoms with E-state index in [4.69, 9.17) is 9.15 Å². The van der Waals surface area contributed by atoms with E-state index < -0.39 is 0 Å². The molecular weight excluding hydrogens is 406 g/mol. The van der Waals surface area contributed by atoms with Gasteiger partial charge < -0.3 is 9.15 Å². The van der Waals surface area contributed by atoms with Crippen LogP contribution in [0.5, 0.6) is 5.75 Å². The number of rotatable bonds is 7. The number of carbonyl (C=O) groups excluding carboxylic acids is 1. The normalized spacial score (nSPS) is 10.9. The lowest BCUT2D eigenvalue weighted by Crippen LogP contribution is -2.15. The second-order valence-corrected chi connectivity index (χ2v) is 7.13. The lowest BCUT2D eigenvalue weighted by atomic mass is 10.1. The Morgan fingerprint density at radius 1 is 1.03 bits per heavy atom. The van der Waals surface area contributed by atoms with E-state index in [1.807, 2.05) is 72.8 Å². The van der Waals surface area contributed by atoms with Crippen LogP contribution in [0.25, 0.3) is 22.6 Å². The standard InChI is InChI=1S/C24H19N5O3/c30-22(13-16-8-10-19(11-9-16)31-15-18-6-3-4-12-25-18)26-24-27-23(28-29-24)21-14-17-5-1-2-7-20(17)32-21/h1-12,14H,13,15H2,(H2,26,27,28,29,30). The Morgan fingerprint density at radius 3 is 2.69 bits per heavy atom. The van der Waals surface area contributed by atoms with Gasteiger partial charge in [0.1, 0.15) is 17.9 Å². The summed E-state index contributed by atoms with van der Waals surface area (Å²) in [7, 11) is 0. The van der Waals surface area contributed by atoms with Gasteiger partial charge in [0.25, 0.3) is 0 Å². The minimum Gasteiger partial charge on any atom is -0.487 e. The van der Waals surface area contributed by atoms with Crippen LogP contribution in [-0.2, 0) is 17.8 Å². The molecule has 2 aromatic carbocycles. The number of pyridine rings is 1. The highest BCUT2D eigenvalue weighted by Crippen LogP contribution is 2.25. The summed E-state index contributed by atoms with van der Waals surface area (Å²) in [5.41, 5.74) is 2.46. The third kappa shape index (κ3) is 4.49. The molecule has 8 nitrogen and oxygen atoms in total. The van der Waals surface area contributed by atoms with Crippen LogP contribution < -0.4 is 10.1 Å². The Morgan fingerprint density at radius 2 is 1.88 bits per heavy atom. The van der Waals surface area contributed by atoms with Crippen LogP contribution in [0.2, 0.25) is 0 Å². The molecule has 0 radical (unpaired) electrons. The van der Waals surface area contributed by atoms with E-state index in [9.17, 15) is 4.79 Å². The van der Waals surface area contributed by atoms with Crippen LogP contribution in [0.1, 0.15) is 11.3 Å². The van der Waals surface area contributed by atoms with E-state index in [1.165, 1.54) is 0 Å². The van der Waals surface area contributed by atoms with Gasteiger partial charge in [-0.2, -0.15) is 4.98 Å². The summed E-state index contributed by atoms with van der Waals surface area (Å²) in [4.78, 5) is 20.9. The Balaban J connectivity index is 1.17. The van der Waals surface area contributed by atoms with Crippen LogP contribution in [0, 0.1) is 0 Å². The molecule has 158 valence electrons. The number of benzene rings is 2. The van der Waals surface area contributed by atoms with E-state index in [1.54, 1.807) is 6.20 Å². The van der Waals surface area contributed by atoms with Gasteiger partial charge >= 0.3 is 0 Å². The first-order valence-electron chi connectivity index (χ1n) is 10.1. The van der Waals surface area contributed by atoms with Gasteiger partial charge in [-0.05, 0) is 42.0 Å². The molecule has 0 unspecified atom stereocenters. The van der Waals surface area contributed by atoms with Crippen molar-refractivity contribution in [1.29, 1.82) is 0 Å². The van der Waals surface area contributed by atoms with E-state index in [0.29, 0.717) is 23.9 Å². The number of amides is 1. The number of para-hydroxylation sites is 1. The number of aromatic nitrogens is 4. The molecule has 0 aliphatic heterocycles. The number of hydrogen-bond acceptors (Lipinski definition) is 6. The van der Waals surface area contributed by atoms with Crippen molar-refractivity contribution in [3.8, 4) is 17.3 Å². The van der Waals surface area contributed by atoms with Crippen LogP contribution in [-0.4, -0.2) is 26.1 Å². The van der Waals surface area contributed by atoms with Crippen molar-refractivity contribution in [2.75, 3.05) is 5.32 Å². The molecular formula is C24H19N5O3. The van der Waals surface area contributed by atoms with Crippen LogP contribution in [0.15, 0.2) is 83.4 Å². The number of ether oxygens (including phenoxy) is 1. The Kier molecular flexibility index (Phi) is 5.32. The molecule has 32 heavy (non-hydrogen) atoms. The van der Waals surface area contributed by atoms with E-state index >= 15 is 0 Å². The molecule has 1 amide bonds. The summed E-state index contributed by atoms with van der Waals surface area (Å²) < 4.78 is 11.5. The van der Waals surface area contributed by atoms with E-state index in [0.717, 1.165) is 22.2 Å². The lowest BCUT2D eigenvalue weighted by Gasteiger charge is -2.07. The summed E-state index contributed by atoms with van der Waals surface area (Å²) in [6.45, 7) is 0.388. The highest BCUT2D eigenvalue weighted by atomic mass is 16.5. The molecule has 0 saturated heterocycles. The average Bonchev–Trinajstić information content (AvgIpc) is 3.46. The minimum absolute atomic E-state index is 0.190. The van der Waals surface area contributed by atoms with Crippen molar-refractivity contribution in [3.05, 3.63) is 90.3 Å². The smallest absolute Gasteiger partial charge is 0.249 e. The fourth-order valence-corrected chi connectivity index (χ4v) is 3.23. The number of nitrogens with zero attached hydrogens (tertiary/aromatic N) is 3. The molecule has 8 heteroatoms. The van der Waals surface area contributed by atoms with Gasteiger partial charge in [-0.15, -0.1) is 5.10 Å². The molecule has 5 rings (SSSR count). The highest BCUT2D eigenvalue weighted by molar-refractivity contribution is 5.91. The molecule has 0 aliphatic carbocycles. The Bertz CT molecular complexity index is 1310. The molecule has 5 aromatic rings. The third-order valence-electron chi connectivity index (χ3n) is 4.80. The largest absolute Gasteiger partial charge is 0.487 e.